The van der Waals surface area contributed by atoms with Gasteiger partial charge in [-0.2, -0.15) is 0 Å². The second-order valence-corrected chi connectivity index (χ2v) is 7.90. The first-order valence-electron chi connectivity index (χ1n) is 7.12. The number of hydrogen-bond acceptors (Lipinski definition) is 4. The summed E-state index contributed by atoms with van der Waals surface area (Å²) < 4.78 is 32.1. The molecule has 0 spiro atoms. The molecule has 1 heterocycles. The van der Waals surface area contributed by atoms with Crippen molar-refractivity contribution in [3.8, 4) is 0 Å². The van der Waals surface area contributed by atoms with Crippen LogP contribution < -0.4 is 10.0 Å². The number of hydrogen-bond donors (Lipinski definition) is 2. The molecule has 124 valence electrons. The van der Waals surface area contributed by atoms with Crippen molar-refractivity contribution in [1.82, 2.24) is 4.72 Å². The van der Waals surface area contributed by atoms with Gasteiger partial charge in [0.05, 0.1) is 17.7 Å². The number of benzene rings is 1. The number of furan rings is 1. The Bertz CT molecular complexity index is 775. The van der Waals surface area contributed by atoms with Crippen LogP contribution >= 0.6 is 0 Å². The van der Waals surface area contributed by atoms with Crippen LogP contribution in [0.15, 0.2) is 52.0 Å². The number of carbonyl (C=O) groups excluding carboxylic acids is 1. The van der Waals surface area contributed by atoms with Crippen LogP contribution in [0.25, 0.3) is 0 Å². The fourth-order valence-electron chi connectivity index (χ4n) is 1.72. The molecule has 0 radical (unpaired) electrons. The molecule has 0 aliphatic rings. The van der Waals surface area contributed by atoms with Crippen molar-refractivity contribution in [2.75, 3.05) is 5.32 Å². The second-order valence-electron chi connectivity index (χ2n) is 6.14. The summed E-state index contributed by atoms with van der Waals surface area (Å²) in [5.74, 6) is 0.335. The quantitative estimate of drug-likeness (QED) is 0.879. The van der Waals surface area contributed by atoms with Gasteiger partial charge in [0.15, 0.2) is 0 Å². The maximum atomic E-state index is 12.3. The third-order valence-corrected chi connectivity index (χ3v) is 4.50. The number of nitrogens with one attached hydrogen (secondary N) is 2. The van der Waals surface area contributed by atoms with E-state index in [1.54, 1.807) is 45.0 Å². The molecule has 1 amide bonds. The van der Waals surface area contributed by atoms with Crippen LogP contribution in [0.3, 0.4) is 0 Å². The molecule has 0 unspecified atom stereocenters. The van der Waals surface area contributed by atoms with Gasteiger partial charge in [0.1, 0.15) is 5.76 Å². The Labute approximate surface area is 135 Å². The van der Waals surface area contributed by atoms with E-state index in [4.69, 9.17) is 4.42 Å². The minimum Gasteiger partial charge on any atom is -0.468 e. The summed E-state index contributed by atoms with van der Waals surface area (Å²) in [6, 6.07) is 9.50. The SMILES string of the molecule is CC(C)(C)C(=O)Nc1cccc(S(=O)(=O)NCc2ccco2)c1. The van der Waals surface area contributed by atoms with Crippen molar-refractivity contribution >= 4 is 21.6 Å². The lowest BCUT2D eigenvalue weighted by atomic mass is 9.95. The Morgan fingerprint density at radius 2 is 1.91 bits per heavy atom. The van der Waals surface area contributed by atoms with Gasteiger partial charge in [-0.25, -0.2) is 13.1 Å². The van der Waals surface area contributed by atoms with Crippen LogP contribution in [0.5, 0.6) is 0 Å². The van der Waals surface area contributed by atoms with E-state index >= 15 is 0 Å². The molecule has 7 heteroatoms. The molecule has 0 bridgehead atoms. The number of rotatable bonds is 5. The fourth-order valence-corrected chi connectivity index (χ4v) is 2.76. The molecular weight excluding hydrogens is 316 g/mol. The first-order valence-corrected chi connectivity index (χ1v) is 8.60. The molecule has 0 fully saturated rings. The van der Waals surface area contributed by atoms with Gasteiger partial charge in [0.25, 0.3) is 0 Å². The lowest BCUT2D eigenvalue weighted by Crippen LogP contribution is -2.28. The van der Waals surface area contributed by atoms with Gasteiger partial charge in [-0.1, -0.05) is 26.8 Å². The maximum Gasteiger partial charge on any atom is 0.241 e. The highest BCUT2D eigenvalue weighted by molar-refractivity contribution is 7.89. The van der Waals surface area contributed by atoms with E-state index in [2.05, 4.69) is 10.0 Å². The molecule has 0 aliphatic carbocycles. The standard InChI is InChI=1S/C16H20N2O4S/c1-16(2,3)15(19)18-12-6-4-8-14(10-12)23(20,21)17-11-13-7-5-9-22-13/h4-10,17H,11H2,1-3H3,(H,18,19). The zero-order chi connectivity index (χ0) is 17.1. The lowest BCUT2D eigenvalue weighted by molar-refractivity contribution is -0.123. The Morgan fingerprint density at radius 3 is 2.52 bits per heavy atom. The number of sulfonamides is 1. The first kappa shape index (κ1) is 17.2. The van der Waals surface area contributed by atoms with E-state index in [0.29, 0.717) is 11.4 Å². The molecule has 1 aromatic carbocycles. The van der Waals surface area contributed by atoms with Crippen LogP contribution in [0.4, 0.5) is 5.69 Å². The molecule has 0 aliphatic heterocycles. The summed E-state index contributed by atoms with van der Waals surface area (Å²) in [7, 11) is -3.69. The minimum absolute atomic E-state index is 0.0634. The maximum absolute atomic E-state index is 12.3. The average molecular weight is 336 g/mol. The second kappa shape index (κ2) is 6.55. The number of amides is 1. The topological polar surface area (TPSA) is 88.4 Å². The van der Waals surface area contributed by atoms with Gasteiger partial charge in [-0.3, -0.25) is 4.79 Å². The van der Waals surface area contributed by atoms with E-state index in [1.807, 2.05) is 0 Å². The van der Waals surface area contributed by atoms with E-state index in [1.165, 1.54) is 18.4 Å². The van der Waals surface area contributed by atoms with Crippen LogP contribution in [0.1, 0.15) is 26.5 Å². The van der Waals surface area contributed by atoms with E-state index < -0.39 is 15.4 Å². The van der Waals surface area contributed by atoms with Crippen molar-refractivity contribution in [2.45, 2.75) is 32.2 Å². The first-order chi connectivity index (χ1) is 10.7. The molecule has 2 rings (SSSR count). The molecule has 6 nitrogen and oxygen atoms in total. The van der Waals surface area contributed by atoms with Gasteiger partial charge in [0.2, 0.25) is 15.9 Å². The van der Waals surface area contributed by atoms with E-state index in [9.17, 15) is 13.2 Å². The van der Waals surface area contributed by atoms with Gasteiger partial charge >= 0.3 is 0 Å². The molecule has 0 saturated carbocycles. The highest BCUT2D eigenvalue weighted by atomic mass is 32.2. The molecule has 2 aromatic rings. The van der Waals surface area contributed by atoms with Crippen LogP contribution in [-0.4, -0.2) is 14.3 Å². The molecule has 23 heavy (non-hydrogen) atoms. The normalized spacial score (nSPS) is 12.1. The lowest BCUT2D eigenvalue weighted by Gasteiger charge is -2.18. The molecule has 1 aromatic heterocycles. The van der Waals surface area contributed by atoms with Crippen molar-refractivity contribution in [2.24, 2.45) is 5.41 Å². The Hall–Kier alpha value is -2.12. The predicted molar refractivity (Wildman–Crippen MR) is 87.3 cm³/mol. The molecule has 0 saturated heterocycles. The summed E-state index contributed by atoms with van der Waals surface area (Å²) in [4.78, 5) is 12.1. The van der Waals surface area contributed by atoms with Crippen molar-refractivity contribution in [3.05, 3.63) is 48.4 Å². The highest BCUT2D eigenvalue weighted by Gasteiger charge is 2.22. The Kier molecular flexibility index (Phi) is 4.91. The fraction of sp³-hybridized carbons (Fsp3) is 0.312. The van der Waals surface area contributed by atoms with Crippen LogP contribution in [0, 0.1) is 5.41 Å². The summed E-state index contributed by atoms with van der Waals surface area (Å²) >= 11 is 0. The van der Waals surface area contributed by atoms with Crippen molar-refractivity contribution in [3.63, 3.8) is 0 Å². The van der Waals surface area contributed by atoms with Crippen LogP contribution in [0.2, 0.25) is 0 Å². The van der Waals surface area contributed by atoms with Gasteiger partial charge in [0, 0.05) is 11.1 Å². The third kappa shape index (κ3) is 4.67. The van der Waals surface area contributed by atoms with Crippen molar-refractivity contribution < 1.29 is 17.6 Å². The largest absolute Gasteiger partial charge is 0.468 e. The summed E-state index contributed by atoms with van der Waals surface area (Å²) in [5.41, 5.74) is -0.127. The highest BCUT2D eigenvalue weighted by Crippen LogP contribution is 2.20. The summed E-state index contributed by atoms with van der Waals surface area (Å²) in [5, 5.41) is 2.71. The monoisotopic (exact) mass is 336 g/mol. The van der Waals surface area contributed by atoms with Gasteiger partial charge in [-0.05, 0) is 30.3 Å². The zero-order valence-electron chi connectivity index (χ0n) is 13.3. The number of anilines is 1. The summed E-state index contributed by atoms with van der Waals surface area (Å²) in [6.45, 7) is 5.42. The smallest absolute Gasteiger partial charge is 0.241 e. The van der Waals surface area contributed by atoms with Gasteiger partial charge in [-0.15, -0.1) is 0 Å². The van der Waals surface area contributed by atoms with E-state index in [-0.39, 0.29) is 17.3 Å². The third-order valence-electron chi connectivity index (χ3n) is 3.10. The summed E-state index contributed by atoms with van der Waals surface area (Å²) in [6.07, 6.45) is 1.48. The zero-order valence-corrected chi connectivity index (χ0v) is 14.1. The molecule has 2 N–H and O–H groups in total. The number of carbonyl (C=O) groups is 1. The molecule has 0 atom stereocenters. The van der Waals surface area contributed by atoms with Crippen molar-refractivity contribution in [1.29, 1.82) is 0 Å². The van der Waals surface area contributed by atoms with Crippen LogP contribution in [-0.2, 0) is 21.4 Å². The average Bonchev–Trinajstić information content (AvgIpc) is 2.98. The Balaban J connectivity index is 2.13. The van der Waals surface area contributed by atoms with Gasteiger partial charge < -0.3 is 9.73 Å². The molecular formula is C16H20N2O4S. The predicted octanol–water partition coefficient (Wildman–Crippen LogP) is 2.74. The Morgan fingerprint density at radius 1 is 1.17 bits per heavy atom. The minimum atomic E-state index is -3.69. The van der Waals surface area contributed by atoms with E-state index in [0.717, 1.165) is 0 Å².